The van der Waals surface area contributed by atoms with Gasteiger partial charge < -0.3 is 4.74 Å². The number of fused-ring (bicyclic) bond motifs is 5. The van der Waals surface area contributed by atoms with Crippen LogP contribution in [0.5, 0.6) is 5.75 Å². The highest BCUT2D eigenvalue weighted by Crippen LogP contribution is 2.59. The lowest BCUT2D eigenvalue weighted by molar-refractivity contribution is -0.134. The van der Waals surface area contributed by atoms with Crippen molar-refractivity contribution in [1.82, 2.24) is 0 Å². The van der Waals surface area contributed by atoms with Crippen molar-refractivity contribution in [3.63, 3.8) is 0 Å². The van der Waals surface area contributed by atoms with Crippen LogP contribution >= 0.6 is 0 Å². The maximum absolute atomic E-state index is 12.6. The van der Waals surface area contributed by atoms with Gasteiger partial charge in [-0.25, -0.2) is 0 Å². The molecule has 0 bridgehead atoms. The normalized spacial score (nSPS) is 25.9. The Balaban J connectivity index is 1.08. The first kappa shape index (κ1) is 30.1. The number of allylic oxidation sites excluding steroid dienone is 2. The van der Waals surface area contributed by atoms with Crippen LogP contribution in [0.25, 0.3) is 0 Å². The molecular weight excluding hydrogens is 480 g/mol. The summed E-state index contributed by atoms with van der Waals surface area (Å²) in [5.41, 5.74) is 2.73. The first-order valence-electron chi connectivity index (χ1n) is 16.5. The smallest absolute Gasteiger partial charge is 0.311 e. The van der Waals surface area contributed by atoms with E-state index in [2.05, 4.69) is 38.1 Å². The minimum atomic E-state index is -0.0980. The van der Waals surface area contributed by atoms with E-state index >= 15 is 0 Å². The van der Waals surface area contributed by atoms with Gasteiger partial charge in [-0.2, -0.15) is 0 Å². The zero-order chi connectivity index (χ0) is 27.5. The Hall–Kier alpha value is -1.90. The van der Waals surface area contributed by atoms with E-state index < -0.39 is 0 Å². The lowest BCUT2D eigenvalue weighted by atomic mass is 9.55. The molecular formula is C36H54O3. The van der Waals surface area contributed by atoms with E-state index in [0.29, 0.717) is 35.7 Å². The largest absolute Gasteiger partial charge is 0.427 e. The van der Waals surface area contributed by atoms with Crippen LogP contribution in [0.4, 0.5) is 0 Å². The van der Waals surface area contributed by atoms with Gasteiger partial charge in [0.05, 0.1) is 0 Å². The van der Waals surface area contributed by atoms with Crippen LogP contribution < -0.4 is 4.74 Å². The molecule has 1 aromatic carbocycles. The van der Waals surface area contributed by atoms with Gasteiger partial charge in [-0.1, -0.05) is 83.4 Å². The third-order valence-electron chi connectivity index (χ3n) is 10.3. The van der Waals surface area contributed by atoms with E-state index in [1.165, 1.54) is 81.8 Å². The molecule has 2 saturated carbocycles. The van der Waals surface area contributed by atoms with Gasteiger partial charge in [0.25, 0.3) is 0 Å². The lowest BCUT2D eigenvalue weighted by Crippen LogP contribution is -2.42. The topological polar surface area (TPSA) is 43.4 Å². The van der Waals surface area contributed by atoms with Gasteiger partial charge in [0.15, 0.2) is 0 Å². The van der Waals surface area contributed by atoms with Crippen LogP contribution in [-0.2, 0) is 16.0 Å². The summed E-state index contributed by atoms with van der Waals surface area (Å²) in [6, 6.07) is 6.35. The molecule has 0 N–H and O–H groups in total. The average molecular weight is 535 g/mol. The Bertz CT molecular complexity index is 962. The molecule has 0 heterocycles. The standard InChI is InChI=1S/C36H54O3/c1-3-4-5-6-7-8-9-10-11-12-13-14-15-16-17-18-35(38)39-29-20-22-30-28(27-29)19-21-32-31(30)25-26-36(2)33(32)23-24-34(36)37/h10-11,20,22,27,31-33H,3-9,12-19,21,23-26H2,1-2H3/b11-10-/t31-,32?,33+,36?/m1/s1. The molecule has 0 aromatic heterocycles. The number of carbonyl (C=O) groups is 2. The summed E-state index contributed by atoms with van der Waals surface area (Å²) >= 11 is 0. The molecule has 39 heavy (non-hydrogen) atoms. The molecule has 0 saturated heterocycles. The SMILES string of the molecule is CCCCCCCC/C=C\CCCCCCCC(=O)Oc1ccc2c(c1)CCC1[C@@H]2CCC2(C)C(=O)CC[C@@H]12. The van der Waals surface area contributed by atoms with Gasteiger partial charge in [0.1, 0.15) is 11.5 Å². The van der Waals surface area contributed by atoms with E-state index in [0.717, 1.165) is 51.4 Å². The third-order valence-corrected chi connectivity index (χ3v) is 10.3. The molecule has 2 fully saturated rings. The number of hydrogen-bond donors (Lipinski definition) is 0. The number of carbonyl (C=O) groups excluding carboxylic acids is 2. The van der Waals surface area contributed by atoms with Crippen molar-refractivity contribution in [3.05, 3.63) is 41.5 Å². The molecule has 0 amide bonds. The fourth-order valence-corrected chi connectivity index (χ4v) is 7.92. The second-order valence-electron chi connectivity index (χ2n) is 13.0. The van der Waals surface area contributed by atoms with Crippen molar-refractivity contribution < 1.29 is 14.3 Å². The molecule has 4 rings (SSSR count). The van der Waals surface area contributed by atoms with Gasteiger partial charge in [0.2, 0.25) is 0 Å². The highest BCUT2D eigenvalue weighted by molar-refractivity contribution is 5.87. The van der Waals surface area contributed by atoms with Crippen LogP contribution in [-0.4, -0.2) is 11.8 Å². The van der Waals surface area contributed by atoms with Crippen molar-refractivity contribution in [2.45, 2.75) is 148 Å². The molecule has 3 aliphatic carbocycles. The quantitative estimate of drug-likeness (QED) is 0.0917. The fraction of sp³-hybridized carbons (Fsp3) is 0.722. The lowest BCUT2D eigenvalue weighted by Gasteiger charge is -2.48. The predicted molar refractivity (Wildman–Crippen MR) is 161 cm³/mol. The van der Waals surface area contributed by atoms with E-state index in [-0.39, 0.29) is 11.4 Å². The van der Waals surface area contributed by atoms with E-state index in [9.17, 15) is 9.59 Å². The van der Waals surface area contributed by atoms with E-state index in [4.69, 9.17) is 4.74 Å². The maximum atomic E-state index is 12.6. The number of esters is 1. The van der Waals surface area contributed by atoms with E-state index in [1.54, 1.807) is 0 Å². The van der Waals surface area contributed by atoms with Crippen LogP contribution in [0.2, 0.25) is 0 Å². The Morgan fingerprint density at radius 2 is 1.59 bits per heavy atom. The van der Waals surface area contributed by atoms with E-state index in [1.807, 2.05) is 6.07 Å². The summed E-state index contributed by atoms with van der Waals surface area (Å²) in [6.07, 6.45) is 27.8. The number of hydrogen-bond acceptors (Lipinski definition) is 3. The molecule has 216 valence electrons. The van der Waals surface area contributed by atoms with Gasteiger partial charge in [0, 0.05) is 18.3 Å². The summed E-state index contributed by atoms with van der Waals surface area (Å²) in [5.74, 6) is 2.88. The summed E-state index contributed by atoms with van der Waals surface area (Å²) in [7, 11) is 0. The number of ether oxygens (including phenoxy) is 1. The first-order chi connectivity index (χ1) is 19.0. The van der Waals surface area contributed by atoms with Gasteiger partial charge >= 0.3 is 5.97 Å². The summed E-state index contributed by atoms with van der Waals surface area (Å²) in [5, 5.41) is 0. The predicted octanol–water partition coefficient (Wildman–Crippen LogP) is 10.1. The third kappa shape index (κ3) is 8.08. The van der Waals surface area contributed by atoms with Crippen molar-refractivity contribution in [2.24, 2.45) is 17.3 Å². The number of unbranched alkanes of at least 4 members (excludes halogenated alkanes) is 11. The number of benzene rings is 1. The molecule has 3 heteroatoms. The molecule has 3 nitrogen and oxygen atoms in total. The summed E-state index contributed by atoms with van der Waals surface area (Å²) in [4.78, 5) is 25.0. The van der Waals surface area contributed by atoms with Crippen molar-refractivity contribution in [2.75, 3.05) is 0 Å². The monoisotopic (exact) mass is 534 g/mol. The number of ketones is 1. The molecule has 1 aromatic rings. The maximum Gasteiger partial charge on any atom is 0.311 e. The highest BCUT2D eigenvalue weighted by atomic mass is 16.5. The minimum Gasteiger partial charge on any atom is -0.427 e. The number of rotatable bonds is 16. The van der Waals surface area contributed by atoms with Gasteiger partial charge in [-0.15, -0.1) is 0 Å². The Kier molecular flexibility index (Phi) is 11.7. The number of Topliss-reactive ketones (excluding diaryl/α,β-unsaturated/α-hetero) is 1. The van der Waals surface area contributed by atoms with Crippen molar-refractivity contribution in [3.8, 4) is 5.75 Å². The van der Waals surface area contributed by atoms with Crippen molar-refractivity contribution >= 4 is 11.8 Å². The van der Waals surface area contributed by atoms with Crippen LogP contribution in [0.1, 0.15) is 153 Å². The van der Waals surface area contributed by atoms with Gasteiger partial charge in [-0.3, -0.25) is 9.59 Å². The second-order valence-corrected chi connectivity index (χ2v) is 13.0. The summed E-state index contributed by atoms with van der Waals surface area (Å²) in [6.45, 7) is 4.50. The highest BCUT2D eigenvalue weighted by Gasteiger charge is 2.54. The first-order valence-corrected chi connectivity index (χ1v) is 16.5. The minimum absolute atomic E-state index is 0.0713. The zero-order valence-corrected chi connectivity index (χ0v) is 25.0. The average Bonchev–Trinajstić information content (AvgIpc) is 3.24. The Morgan fingerprint density at radius 3 is 2.33 bits per heavy atom. The van der Waals surface area contributed by atoms with Gasteiger partial charge in [-0.05, 0) is 105 Å². The molecule has 0 radical (unpaired) electrons. The molecule has 0 aliphatic heterocycles. The van der Waals surface area contributed by atoms with Crippen LogP contribution in [0.15, 0.2) is 30.4 Å². The number of aryl methyl sites for hydroxylation is 1. The van der Waals surface area contributed by atoms with Crippen molar-refractivity contribution in [1.29, 1.82) is 0 Å². The second kappa shape index (κ2) is 15.2. The van der Waals surface area contributed by atoms with Crippen LogP contribution in [0, 0.1) is 17.3 Å². The summed E-state index contributed by atoms with van der Waals surface area (Å²) < 4.78 is 5.74. The Morgan fingerprint density at radius 1 is 0.897 bits per heavy atom. The molecule has 0 spiro atoms. The Labute approximate surface area is 238 Å². The zero-order valence-electron chi connectivity index (χ0n) is 25.0. The molecule has 2 unspecified atom stereocenters. The molecule has 3 aliphatic rings. The molecule has 4 atom stereocenters. The van der Waals surface area contributed by atoms with Crippen LogP contribution in [0.3, 0.4) is 0 Å². The fourth-order valence-electron chi connectivity index (χ4n) is 7.92.